The molecule has 1 N–H and O–H groups in total. The topological polar surface area (TPSA) is 94.2 Å². The number of ketones is 1. The molecule has 0 atom stereocenters. The highest BCUT2D eigenvalue weighted by Crippen LogP contribution is 2.39. The van der Waals surface area contributed by atoms with Crippen molar-refractivity contribution in [1.82, 2.24) is 10.2 Å². The van der Waals surface area contributed by atoms with Gasteiger partial charge in [-0.15, -0.1) is 0 Å². The second-order valence-electron chi connectivity index (χ2n) is 6.45. The maximum Gasteiger partial charge on any atom is 0.325 e. The number of nitrogens with zero attached hydrogens (tertiary/aromatic N) is 1. The number of benzene rings is 1. The van der Waals surface area contributed by atoms with Gasteiger partial charge in [0, 0.05) is 5.56 Å². The smallest absolute Gasteiger partial charge is 0.325 e. The minimum absolute atomic E-state index is 0.271. The maximum atomic E-state index is 12.7. The lowest BCUT2D eigenvalue weighted by Gasteiger charge is -2.20. The molecule has 1 aliphatic heterocycles. The number of imide groups is 1. The van der Waals surface area contributed by atoms with Crippen LogP contribution in [0.3, 0.4) is 0 Å². The first-order chi connectivity index (χ1) is 12.5. The molecule has 1 aliphatic carbocycles. The number of urea groups is 1. The van der Waals surface area contributed by atoms with E-state index in [1.807, 2.05) is 0 Å². The van der Waals surface area contributed by atoms with Crippen LogP contribution < -0.4 is 19.5 Å². The van der Waals surface area contributed by atoms with Gasteiger partial charge in [0.2, 0.25) is 5.75 Å². The summed E-state index contributed by atoms with van der Waals surface area (Å²) in [6.45, 7) is -0.328. The van der Waals surface area contributed by atoms with E-state index in [2.05, 4.69) is 5.32 Å². The van der Waals surface area contributed by atoms with Gasteiger partial charge in [-0.05, 0) is 25.0 Å². The summed E-state index contributed by atoms with van der Waals surface area (Å²) in [6, 6.07) is 2.50. The summed E-state index contributed by atoms with van der Waals surface area (Å²) in [5, 5.41) is 2.77. The summed E-state index contributed by atoms with van der Waals surface area (Å²) in [6.07, 6.45) is 3.01. The van der Waals surface area contributed by atoms with Crippen LogP contribution in [0.2, 0.25) is 0 Å². The van der Waals surface area contributed by atoms with E-state index in [-0.39, 0.29) is 23.8 Å². The van der Waals surface area contributed by atoms with Crippen molar-refractivity contribution in [2.45, 2.75) is 31.2 Å². The second kappa shape index (κ2) is 6.86. The van der Waals surface area contributed by atoms with Gasteiger partial charge in [0.05, 0.1) is 27.9 Å². The highest BCUT2D eigenvalue weighted by atomic mass is 16.5. The molecular weight excluding hydrogens is 340 g/mol. The van der Waals surface area contributed by atoms with Crippen LogP contribution in [-0.4, -0.2) is 56.0 Å². The Bertz CT molecular complexity index is 729. The molecule has 1 aromatic carbocycles. The average molecular weight is 362 g/mol. The van der Waals surface area contributed by atoms with Gasteiger partial charge >= 0.3 is 6.03 Å². The van der Waals surface area contributed by atoms with Crippen molar-refractivity contribution >= 4 is 17.7 Å². The van der Waals surface area contributed by atoms with Gasteiger partial charge in [0.1, 0.15) is 5.54 Å². The minimum Gasteiger partial charge on any atom is -0.493 e. The Hall–Kier alpha value is -2.77. The molecule has 1 spiro atoms. The lowest BCUT2D eigenvalue weighted by molar-refractivity contribution is -0.130. The van der Waals surface area contributed by atoms with Crippen molar-refractivity contribution in [3.63, 3.8) is 0 Å². The lowest BCUT2D eigenvalue weighted by Crippen LogP contribution is -2.44. The maximum absolute atomic E-state index is 12.7. The molecule has 3 amide bonds. The zero-order chi connectivity index (χ0) is 18.9. The number of amides is 3. The number of Topliss-reactive ketones (excluding diaryl/α,β-unsaturated/α-hetero) is 1. The minimum atomic E-state index is -0.827. The fraction of sp³-hybridized carbons (Fsp3) is 0.500. The fourth-order valence-electron chi connectivity index (χ4n) is 3.61. The molecule has 1 saturated carbocycles. The third-order valence-electron chi connectivity index (χ3n) is 4.99. The van der Waals surface area contributed by atoms with Gasteiger partial charge in [-0.25, -0.2) is 4.79 Å². The Morgan fingerprint density at radius 2 is 1.65 bits per heavy atom. The largest absolute Gasteiger partial charge is 0.493 e. The van der Waals surface area contributed by atoms with E-state index in [4.69, 9.17) is 14.2 Å². The van der Waals surface area contributed by atoms with Crippen molar-refractivity contribution in [3.05, 3.63) is 17.7 Å². The van der Waals surface area contributed by atoms with Crippen molar-refractivity contribution in [2.75, 3.05) is 27.9 Å². The first-order valence-corrected chi connectivity index (χ1v) is 8.43. The van der Waals surface area contributed by atoms with Crippen LogP contribution in [0.15, 0.2) is 12.1 Å². The van der Waals surface area contributed by atoms with E-state index in [1.165, 1.54) is 33.5 Å². The number of carbonyl (C=O) groups excluding carboxylic acids is 3. The number of carbonyl (C=O) groups is 3. The molecule has 3 rings (SSSR count). The molecule has 0 unspecified atom stereocenters. The molecule has 0 aromatic heterocycles. The van der Waals surface area contributed by atoms with Gasteiger partial charge in [-0.2, -0.15) is 0 Å². The van der Waals surface area contributed by atoms with Crippen molar-refractivity contribution < 1.29 is 28.6 Å². The van der Waals surface area contributed by atoms with Crippen LogP contribution in [0.1, 0.15) is 36.0 Å². The number of ether oxygens (including phenoxy) is 3. The molecule has 26 heavy (non-hydrogen) atoms. The Kier molecular flexibility index (Phi) is 4.76. The van der Waals surface area contributed by atoms with Crippen molar-refractivity contribution in [1.29, 1.82) is 0 Å². The highest BCUT2D eigenvalue weighted by molar-refractivity contribution is 6.11. The number of rotatable bonds is 6. The molecule has 140 valence electrons. The van der Waals surface area contributed by atoms with E-state index >= 15 is 0 Å². The van der Waals surface area contributed by atoms with Crippen LogP contribution in [0, 0.1) is 0 Å². The summed E-state index contributed by atoms with van der Waals surface area (Å²) in [7, 11) is 4.37. The molecule has 1 heterocycles. The third-order valence-corrected chi connectivity index (χ3v) is 4.99. The lowest BCUT2D eigenvalue weighted by atomic mass is 9.98. The Morgan fingerprint density at radius 3 is 2.15 bits per heavy atom. The van der Waals surface area contributed by atoms with Gasteiger partial charge in [-0.1, -0.05) is 12.8 Å². The Balaban J connectivity index is 1.84. The second-order valence-corrected chi connectivity index (χ2v) is 6.45. The third kappa shape index (κ3) is 2.85. The summed E-state index contributed by atoms with van der Waals surface area (Å²) in [5.74, 6) is 0.328. The van der Waals surface area contributed by atoms with Crippen LogP contribution >= 0.6 is 0 Å². The van der Waals surface area contributed by atoms with Crippen LogP contribution in [0.5, 0.6) is 17.2 Å². The zero-order valence-corrected chi connectivity index (χ0v) is 15.1. The van der Waals surface area contributed by atoms with E-state index < -0.39 is 11.6 Å². The van der Waals surface area contributed by atoms with Crippen LogP contribution in [0.25, 0.3) is 0 Å². The molecule has 2 aliphatic rings. The Labute approximate surface area is 151 Å². The summed E-state index contributed by atoms with van der Waals surface area (Å²) >= 11 is 0. The van der Waals surface area contributed by atoms with Crippen LogP contribution in [-0.2, 0) is 4.79 Å². The number of hydrogen-bond donors (Lipinski definition) is 1. The summed E-state index contributed by atoms with van der Waals surface area (Å²) < 4.78 is 15.7. The van der Waals surface area contributed by atoms with Gasteiger partial charge in [0.15, 0.2) is 17.3 Å². The number of nitrogens with one attached hydrogen (secondary N) is 1. The highest BCUT2D eigenvalue weighted by Gasteiger charge is 2.52. The Morgan fingerprint density at radius 1 is 1.08 bits per heavy atom. The molecule has 0 bridgehead atoms. The molecule has 8 nitrogen and oxygen atoms in total. The zero-order valence-electron chi connectivity index (χ0n) is 15.1. The SMILES string of the molecule is COc1cc(C(=O)CN2C(=O)NC3(CCCC3)C2=O)cc(OC)c1OC. The molecular formula is C18H22N2O6. The first kappa shape index (κ1) is 18.0. The molecule has 1 saturated heterocycles. The van der Waals surface area contributed by atoms with Crippen molar-refractivity contribution in [2.24, 2.45) is 0 Å². The molecule has 0 radical (unpaired) electrons. The van der Waals surface area contributed by atoms with E-state index in [1.54, 1.807) is 0 Å². The van der Waals surface area contributed by atoms with Crippen LogP contribution in [0.4, 0.5) is 4.79 Å². The fourth-order valence-corrected chi connectivity index (χ4v) is 3.61. The monoisotopic (exact) mass is 362 g/mol. The average Bonchev–Trinajstić information content (AvgIpc) is 3.21. The molecule has 2 fully saturated rings. The first-order valence-electron chi connectivity index (χ1n) is 8.43. The predicted octanol–water partition coefficient (Wildman–Crippen LogP) is 1.76. The number of methoxy groups -OCH3 is 3. The normalized spacial score (nSPS) is 18.2. The van der Waals surface area contributed by atoms with Gasteiger partial charge < -0.3 is 19.5 Å². The van der Waals surface area contributed by atoms with Gasteiger partial charge in [-0.3, -0.25) is 14.5 Å². The molecule has 8 heteroatoms. The summed E-state index contributed by atoms with van der Waals surface area (Å²) in [5.41, 5.74) is -0.556. The standard InChI is InChI=1S/C18H22N2O6/c1-24-13-8-11(9-14(25-2)15(13)26-3)12(21)10-20-16(22)18(19-17(20)23)6-4-5-7-18/h8-9H,4-7,10H2,1-3H3,(H,19,23). The van der Waals surface area contributed by atoms with E-state index in [9.17, 15) is 14.4 Å². The summed E-state index contributed by atoms with van der Waals surface area (Å²) in [4.78, 5) is 38.6. The van der Waals surface area contributed by atoms with Gasteiger partial charge in [0.25, 0.3) is 5.91 Å². The quantitative estimate of drug-likeness (QED) is 0.612. The van der Waals surface area contributed by atoms with E-state index in [0.29, 0.717) is 30.1 Å². The molecule has 1 aromatic rings. The predicted molar refractivity (Wildman–Crippen MR) is 91.9 cm³/mol. The number of hydrogen-bond acceptors (Lipinski definition) is 6. The van der Waals surface area contributed by atoms with E-state index in [0.717, 1.165) is 17.7 Å². The van der Waals surface area contributed by atoms with Crippen molar-refractivity contribution in [3.8, 4) is 17.2 Å².